The van der Waals surface area contributed by atoms with E-state index in [-0.39, 0.29) is 12.5 Å². The van der Waals surface area contributed by atoms with Crippen molar-refractivity contribution in [3.8, 4) is 0 Å². The molecular formula is C13H20N2O4S. The molecule has 1 aromatic rings. The number of aliphatic hydroxyl groups excluding tert-OH is 1. The second kappa shape index (κ2) is 7.86. The summed E-state index contributed by atoms with van der Waals surface area (Å²) < 4.78 is 24.4. The van der Waals surface area contributed by atoms with E-state index in [1.165, 1.54) is 0 Å². The largest absolute Gasteiger partial charge is 0.396 e. The van der Waals surface area contributed by atoms with Crippen molar-refractivity contribution in [3.05, 3.63) is 29.8 Å². The highest BCUT2D eigenvalue weighted by Gasteiger charge is 2.06. The number of hydrogen-bond donors (Lipinski definition) is 3. The molecule has 112 valence electrons. The van der Waals surface area contributed by atoms with Gasteiger partial charge in [-0.1, -0.05) is 0 Å². The van der Waals surface area contributed by atoms with Crippen molar-refractivity contribution in [2.45, 2.75) is 19.3 Å². The second-order valence-electron chi connectivity index (χ2n) is 4.49. The van der Waals surface area contributed by atoms with E-state index in [2.05, 4.69) is 10.0 Å². The van der Waals surface area contributed by atoms with Gasteiger partial charge >= 0.3 is 0 Å². The first-order chi connectivity index (χ1) is 9.42. The Balaban J connectivity index is 2.45. The van der Waals surface area contributed by atoms with Gasteiger partial charge in [-0.05, 0) is 43.5 Å². The molecule has 1 rings (SSSR count). The van der Waals surface area contributed by atoms with Crippen molar-refractivity contribution in [1.29, 1.82) is 0 Å². The Labute approximate surface area is 119 Å². The molecule has 0 bridgehead atoms. The maximum Gasteiger partial charge on any atom is 0.251 e. The average Bonchev–Trinajstić information content (AvgIpc) is 2.37. The minimum absolute atomic E-state index is 0.169. The fraction of sp³-hybridized carbons (Fsp3) is 0.462. The van der Waals surface area contributed by atoms with Crippen molar-refractivity contribution in [2.24, 2.45) is 0 Å². The van der Waals surface area contributed by atoms with Crippen LogP contribution in [0.4, 0.5) is 5.69 Å². The zero-order chi connectivity index (χ0) is 15.0. The minimum atomic E-state index is -3.30. The molecule has 7 heteroatoms. The number of hydrogen-bond acceptors (Lipinski definition) is 4. The van der Waals surface area contributed by atoms with Crippen LogP contribution in [0, 0.1) is 0 Å². The van der Waals surface area contributed by atoms with Gasteiger partial charge in [-0.15, -0.1) is 0 Å². The van der Waals surface area contributed by atoms with E-state index < -0.39 is 10.0 Å². The number of sulfonamides is 1. The molecule has 3 N–H and O–H groups in total. The van der Waals surface area contributed by atoms with Crippen molar-refractivity contribution in [1.82, 2.24) is 5.32 Å². The molecule has 0 aliphatic rings. The first-order valence-electron chi connectivity index (χ1n) is 6.39. The average molecular weight is 300 g/mol. The van der Waals surface area contributed by atoms with Crippen LogP contribution < -0.4 is 10.0 Å². The normalized spacial score (nSPS) is 11.1. The predicted octanol–water partition coefficient (Wildman–Crippen LogP) is 0.950. The second-order valence-corrected chi connectivity index (χ2v) is 6.24. The SMILES string of the molecule is CS(=O)(=O)Nc1ccc(C(=O)NCCCCCO)cc1. The predicted molar refractivity (Wildman–Crippen MR) is 78.2 cm³/mol. The molecule has 0 atom stereocenters. The Bertz CT molecular complexity index is 526. The number of unbranched alkanes of at least 4 members (excludes halogenated alkanes) is 2. The summed E-state index contributed by atoms with van der Waals surface area (Å²) in [6.07, 6.45) is 3.50. The molecule has 0 spiro atoms. The lowest BCUT2D eigenvalue weighted by Gasteiger charge is -2.07. The smallest absolute Gasteiger partial charge is 0.251 e. The van der Waals surface area contributed by atoms with Gasteiger partial charge in [0.15, 0.2) is 0 Å². The summed E-state index contributed by atoms with van der Waals surface area (Å²) in [5, 5.41) is 11.4. The highest BCUT2D eigenvalue weighted by atomic mass is 32.2. The van der Waals surface area contributed by atoms with Crippen LogP contribution in [0.2, 0.25) is 0 Å². The Morgan fingerprint density at radius 1 is 1.15 bits per heavy atom. The van der Waals surface area contributed by atoms with Crippen LogP contribution in [0.25, 0.3) is 0 Å². The maximum absolute atomic E-state index is 11.8. The number of aliphatic hydroxyl groups is 1. The summed E-state index contributed by atoms with van der Waals surface area (Å²) in [5.74, 6) is -0.195. The fourth-order valence-electron chi connectivity index (χ4n) is 1.62. The Hall–Kier alpha value is -1.60. The molecule has 0 radical (unpaired) electrons. The highest BCUT2D eigenvalue weighted by molar-refractivity contribution is 7.92. The Kier molecular flexibility index (Phi) is 6.47. The number of nitrogens with one attached hydrogen (secondary N) is 2. The maximum atomic E-state index is 11.8. The van der Waals surface area contributed by atoms with E-state index >= 15 is 0 Å². The van der Waals surface area contributed by atoms with Crippen LogP contribution >= 0.6 is 0 Å². The van der Waals surface area contributed by atoms with Crippen molar-refractivity contribution < 1.29 is 18.3 Å². The molecule has 20 heavy (non-hydrogen) atoms. The number of carbonyl (C=O) groups excluding carboxylic acids is 1. The van der Waals surface area contributed by atoms with E-state index in [0.717, 1.165) is 25.5 Å². The fourth-order valence-corrected chi connectivity index (χ4v) is 2.19. The quantitative estimate of drug-likeness (QED) is 0.623. The standard InChI is InChI=1S/C13H20N2O4S/c1-20(18,19)15-12-7-5-11(6-8-12)13(17)14-9-3-2-4-10-16/h5-8,15-16H,2-4,9-10H2,1H3,(H,14,17). The number of amides is 1. The number of carbonyl (C=O) groups is 1. The van der Waals surface area contributed by atoms with Gasteiger partial charge < -0.3 is 10.4 Å². The third-order valence-corrected chi connectivity index (χ3v) is 3.18. The summed E-state index contributed by atoms with van der Waals surface area (Å²) in [6, 6.07) is 6.22. The zero-order valence-electron chi connectivity index (χ0n) is 11.4. The van der Waals surface area contributed by atoms with Crippen molar-refractivity contribution in [3.63, 3.8) is 0 Å². The van der Waals surface area contributed by atoms with Gasteiger partial charge in [0.25, 0.3) is 5.91 Å². The van der Waals surface area contributed by atoms with Crippen LogP contribution in [0.5, 0.6) is 0 Å². The van der Waals surface area contributed by atoms with Crippen LogP contribution in [-0.2, 0) is 10.0 Å². The first-order valence-corrected chi connectivity index (χ1v) is 8.28. The van der Waals surface area contributed by atoms with Gasteiger partial charge in [0, 0.05) is 24.4 Å². The van der Waals surface area contributed by atoms with E-state index in [1.54, 1.807) is 24.3 Å². The Morgan fingerprint density at radius 3 is 2.35 bits per heavy atom. The molecule has 0 fully saturated rings. The zero-order valence-corrected chi connectivity index (χ0v) is 12.2. The summed E-state index contributed by atoms with van der Waals surface area (Å²) >= 11 is 0. The molecular weight excluding hydrogens is 280 g/mol. The van der Waals surface area contributed by atoms with E-state index in [0.29, 0.717) is 17.8 Å². The number of anilines is 1. The van der Waals surface area contributed by atoms with Crippen LogP contribution in [0.1, 0.15) is 29.6 Å². The number of rotatable bonds is 8. The van der Waals surface area contributed by atoms with E-state index in [1.807, 2.05) is 0 Å². The van der Waals surface area contributed by atoms with Gasteiger partial charge in [-0.2, -0.15) is 0 Å². The van der Waals surface area contributed by atoms with Gasteiger partial charge in [-0.3, -0.25) is 9.52 Å². The van der Waals surface area contributed by atoms with Gasteiger partial charge in [-0.25, -0.2) is 8.42 Å². The molecule has 6 nitrogen and oxygen atoms in total. The van der Waals surface area contributed by atoms with Gasteiger partial charge in [0.05, 0.1) is 6.26 Å². The molecule has 1 aromatic carbocycles. The third-order valence-electron chi connectivity index (χ3n) is 2.57. The highest BCUT2D eigenvalue weighted by Crippen LogP contribution is 2.10. The molecule has 0 unspecified atom stereocenters. The van der Waals surface area contributed by atoms with Crippen LogP contribution in [0.3, 0.4) is 0 Å². The van der Waals surface area contributed by atoms with Crippen LogP contribution in [-0.4, -0.2) is 38.8 Å². The summed E-state index contributed by atoms with van der Waals surface area (Å²) in [4.78, 5) is 11.8. The molecule has 0 aliphatic heterocycles. The molecule has 0 aromatic heterocycles. The minimum Gasteiger partial charge on any atom is -0.396 e. The third kappa shape index (κ3) is 6.53. The molecule has 0 saturated heterocycles. The lowest BCUT2D eigenvalue weighted by molar-refractivity contribution is 0.0953. The lowest BCUT2D eigenvalue weighted by Crippen LogP contribution is -2.24. The molecule has 0 saturated carbocycles. The van der Waals surface area contributed by atoms with E-state index in [4.69, 9.17) is 5.11 Å². The van der Waals surface area contributed by atoms with Gasteiger partial charge in [0.1, 0.15) is 0 Å². The molecule has 1 amide bonds. The van der Waals surface area contributed by atoms with Gasteiger partial charge in [0.2, 0.25) is 10.0 Å². The monoisotopic (exact) mass is 300 g/mol. The van der Waals surface area contributed by atoms with Crippen LogP contribution in [0.15, 0.2) is 24.3 Å². The molecule has 0 heterocycles. The van der Waals surface area contributed by atoms with Crippen molar-refractivity contribution in [2.75, 3.05) is 24.1 Å². The number of benzene rings is 1. The summed E-state index contributed by atoms with van der Waals surface area (Å²) in [5.41, 5.74) is 0.901. The topological polar surface area (TPSA) is 95.5 Å². The first kappa shape index (κ1) is 16.5. The summed E-state index contributed by atoms with van der Waals surface area (Å²) in [6.45, 7) is 0.727. The Morgan fingerprint density at radius 2 is 1.80 bits per heavy atom. The summed E-state index contributed by atoms with van der Waals surface area (Å²) in [7, 11) is -3.30. The van der Waals surface area contributed by atoms with Crippen molar-refractivity contribution >= 4 is 21.6 Å². The lowest BCUT2D eigenvalue weighted by atomic mass is 10.2. The van der Waals surface area contributed by atoms with E-state index in [9.17, 15) is 13.2 Å². The molecule has 0 aliphatic carbocycles.